The van der Waals surface area contributed by atoms with Gasteiger partial charge >= 0.3 is 0 Å². The van der Waals surface area contributed by atoms with E-state index in [-0.39, 0.29) is 6.04 Å². The average Bonchev–Trinajstić information content (AvgIpc) is 2.52. The fraction of sp³-hybridized carbons (Fsp3) is 0.647. The first-order valence-electron chi connectivity index (χ1n) is 8.17. The van der Waals surface area contributed by atoms with Crippen molar-refractivity contribution in [2.45, 2.75) is 39.2 Å². The number of hydrogen-bond acceptors (Lipinski definition) is 4. The number of nitrogens with one attached hydrogen (secondary N) is 1. The van der Waals surface area contributed by atoms with E-state index >= 15 is 0 Å². The van der Waals surface area contributed by atoms with E-state index in [2.05, 4.69) is 17.1 Å². The molecule has 0 aliphatic carbocycles. The van der Waals surface area contributed by atoms with Crippen LogP contribution in [0.1, 0.15) is 44.7 Å². The molecule has 21 heavy (non-hydrogen) atoms. The molecule has 0 bridgehead atoms. The number of piperazine rings is 1. The van der Waals surface area contributed by atoms with Crippen molar-refractivity contribution in [1.82, 2.24) is 10.2 Å². The maximum absolute atomic E-state index is 10.6. The zero-order valence-electron chi connectivity index (χ0n) is 13.3. The summed E-state index contributed by atoms with van der Waals surface area (Å²) in [6, 6.07) is 6.16. The standard InChI is InChI=1S/C17H28N2O2/c1-3-5-8-15(19-12-10-18-11-13-19)14-7-6-9-16(17(14)20)21-4-2/h6-7,9,15,18,20H,3-5,8,10-13H2,1-2H3/t15-/m1/s1. The van der Waals surface area contributed by atoms with Crippen LogP contribution in [0.5, 0.6) is 11.5 Å². The van der Waals surface area contributed by atoms with Gasteiger partial charge in [0.25, 0.3) is 0 Å². The smallest absolute Gasteiger partial charge is 0.162 e. The first-order valence-corrected chi connectivity index (χ1v) is 8.17. The molecule has 1 aliphatic heterocycles. The summed E-state index contributed by atoms with van der Waals surface area (Å²) in [6.45, 7) is 8.84. The van der Waals surface area contributed by atoms with E-state index in [9.17, 15) is 5.11 Å². The number of rotatable bonds is 7. The third-order valence-corrected chi connectivity index (χ3v) is 4.11. The number of benzene rings is 1. The number of unbranched alkanes of at least 4 members (excludes halogenated alkanes) is 1. The molecule has 1 atom stereocenters. The van der Waals surface area contributed by atoms with Crippen LogP contribution < -0.4 is 10.1 Å². The summed E-state index contributed by atoms with van der Waals surface area (Å²) in [7, 11) is 0. The van der Waals surface area contributed by atoms with Crippen molar-refractivity contribution >= 4 is 0 Å². The minimum Gasteiger partial charge on any atom is -0.504 e. The summed E-state index contributed by atoms with van der Waals surface area (Å²) >= 11 is 0. The third kappa shape index (κ3) is 4.11. The van der Waals surface area contributed by atoms with Gasteiger partial charge in [-0.05, 0) is 19.4 Å². The van der Waals surface area contributed by atoms with Gasteiger partial charge in [-0.25, -0.2) is 0 Å². The minimum absolute atomic E-state index is 0.285. The van der Waals surface area contributed by atoms with Crippen LogP contribution in [0.15, 0.2) is 18.2 Å². The number of aromatic hydroxyl groups is 1. The molecule has 2 rings (SSSR count). The van der Waals surface area contributed by atoms with Crippen molar-refractivity contribution < 1.29 is 9.84 Å². The number of para-hydroxylation sites is 1. The van der Waals surface area contributed by atoms with Gasteiger partial charge in [-0.3, -0.25) is 4.90 Å². The van der Waals surface area contributed by atoms with Crippen molar-refractivity contribution in [3.8, 4) is 11.5 Å². The maximum atomic E-state index is 10.6. The largest absolute Gasteiger partial charge is 0.504 e. The molecule has 1 saturated heterocycles. The van der Waals surface area contributed by atoms with Gasteiger partial charge in [0.1, 0.15) is 0 Å². The second-order valence-corrected chi connectivity index (χ2v) is 5.57. The van der Waals surface area contributed by atoms with Gasteiger partial charge in [0.15, 0.2) is 11.5 Å². The highest BCUT2D eigenvalue weighted by atomic mass is 16.5. The number of nitrogens with zero attached hydrogens (tertiary/aromatic N) is 1. The fourth-order valence-corrected chi connectivity index (χ4v) is 3.01. The number of ether oxygens (including phenoxy) is 1. The van der Waals surface area contributed by atoms with Crippen LogP contribution >= 0.6 is 0 Å². The van der Waals surface area contributed by atoms with Crippen molar-refractivity contribution in [3.05, 3.63) is 23.8 Å². The van der Waals surface area contributed by atoms with E-state index in [1.807, 2.05) is 25.1 Å². The summed E-state index contributed by atoms with van der Waals surface area (Å²) < 4.78 is 5.54. The third-order valence-electron chi connectivity index (χ3n) is 4.11. The topological polar surface area (TPSA) is 44.7 Å². The monoisotopic (exact) mass is 292 g/mol. The van der Waals surface area contributed by atoms with E-state index < -0.39 is 0 Å². The molecule has 1 aromatic rings. The van der Waals surface area contributed by atoms with Gasteiger partial charge in [0.05, 0.1) is 6.61 Å². The van der Waals surface area contributed by atoms with Crippen LogP contribution in [-0.4, -0.2) is 42.8 Å². The molecule has 1 aliphatic rings. The lowest BCUT2D eigenvalue weighted by molar-refractivity contribution is 0.160. The van der Waals surface area contributed by atoms with Gasteiger partial charge in [0.2, 0.25) is 0 Å². The van der Waals surface area contributed by atoms with Crippen LogP contribution in [-0.2, 0) is 0 Å². The van der Waals surface area contributed by atoms with E-state index in [0.717, 1.165) is 38.2 Å². The molecular weight excluding hydrogens is 264 g/mol. The quantitative estimate of drug-likeness (QED) is 0.811. The molecule has 1 heterocycles. The molecule has 4 heteroatoms. The maximum Gasteiger partial charge on any atom is 0.162 e. The predicted octanol–water partition coefficient (Wildman–Crippen LogP) is 2.93. The van der Waals surface area contributed by atoms with Crippen LogP contribution in [0.2, 0.25) is 0 Å². The second-order valence-electron chi connectivity index (χ2n) is 5.57. The van der Waals surface area contributed by atoms with Gasteiger partial charge in [-0.1, -0.05) is 31.9 Å². The lowest BCUT2D eigenvalue weighted by atomic mass is 9.97. The molecule has 0 spiro atoms. The van der Waals surface area contributed by atoms with Crippen molar-refractivity contribution in [3.63, 3.8) is 0 Å². The van der Waals surface area contributed by atoms with Gasteiger partial charge in [-0.15, -0.1) is 0 Å². The Morgan fingerprint density at radius 2 is 2.05 bits per heavy atom. The Morgan fingerprint density at radius 1 is 1.29 bits per heavy atom. The molecule has 118 valence electrons. The SMILES string of the molecule is CCCC[C@H](c1cccc(OCC)c1O)N1CCNCC1. The molecule has 2 N–H and O–H groups in total. The Balaban J connectivity index is 2.24. The summed E-state index contributed by atoms with van der Waals surface area (Å²) in [5.41, 5.74) is 1.01. The molecule has 0 unspecified atom stereocenters. The van der Waals surface area contributed by atoms with Crippen molar-refractivity contribution in [2.75, 3.05) is 32.8 Å². The molecule has 0 saturated carbocycles. The number of phenols is 1. The number of phenolic OH excluding ortho intramolecular Hbond substituents is 1. The minimum atomic E-state index is 0.285. The van der Waals surface area contributed by atoms with Crippen LogP contribution in [0.3, 0.4) is 0 Å². The highest BCUT2D eigenvalue weighted by molar-refractivity contribution is 5.47. The van der Waals surface area contributed by atoms with E-state index in [0.29, 0.717) is 18.1 Å². The van der Waals surface area contributed by atoms with E-state index in [1.54, 1.807) is 0 Å². The summed E-state index contributed by atoms with van der Waals surface area (Å²) in [5, 5.41) is 13.9. The molecule has 0 radical (unpaired) electrons. The van der Waals surface area contributed by atoms with Crippen LogP contribution in [0.25, 0.3) is 0 Å². The zero-order chi connectivity index (χ0) is 15.1. The molecule has 0 aromatic heterocycles. The fourth-order valence-electron chi connectivity index (χ4n) is 3.01. The van der Waals surface area contributed by atoms with Gasteiger partial charge in [0, 0.05) is 37.8 Å². The highest BCUT2D eigenvalue weighted by Crippen LogP contribution is 2.38. The zero-order valence-corrected chi connectivity index (χ0v) is 13.3. The normalized spacial score (nSPS) is 17.6. The van der Waals surface area contributed by atoms with Crippen LogP contribution in [0.4, 0.5) is 0 Å². The van der Waals surface area contributed by atoms with Gasteiger partial charge < -0.3 is 15.2 Å². The average molecular weight is 292 g/mol. The Morgan fingerprint density at radius 3 is 2.71 bits per heavy atom. The predicted molar refractivity (Wildman–Crippen MR) is 86.0 cm³/mol. The van der Waals surface area contributed by atoms with E-state index in [4.69, 9.17) is 4.74 Å². The molecule has 1 aromatic carbocycles. The number of hydrogen-bond donors (Lipinski definition) is 2. The van der Waals surface area contributed by atoms with Crippen molar-refractivity contribution in [2.24, 2.45) is 0 Å². The molecule has 4 nitrogen and oxygen atoms in total. The second kappa shape index (κ2) is 8.25. The Hall–Kier alpha value is -1.26. The Kier molecular flexibility index (Phi) is 6.33. The molecular formula is C17H28N2O2. The Labute approximate surface area is 128 Å². The molecule has 0 amide bonds. The van der Waals surface area contributed by atoms with Crippen molar-refractivity contribution in [1.29, 1.82) is 0 Å². The first-order chi connectivity index (χ1) is 10.3. The first kappa shape index (κ1) is 16.1. The highest BCUT2D eigenvalue weighted by Gasteiger charge is 2.25. The van der Waals surface area contributed by atoms with E-state index in [1.165, 1.54) is 12.8 Å². The Bertz CT molecular complexity index is 431. The summed E-state index contributed by atoms with van der Waals surface area (Å²) in [6.07, 6.45) is 3.43. The molecule has 1 fully saturated rings. The van der Waals surface area contributed by atoms with Crippen LogP contribution in [0, 0.1) is 0 Å². The lowest BCUT2D eigenvalue weighted by Gasteiger charge is -2.35. The lowest BCUT2D eigenvalue weighted by Crippen LogP contribution is -2.45. The van der Waals surface area contributed by atoms with Gasteiger partial charge in [-0.2, -0.15) is 0 Å². The summed E-state index contributed by atoms with van der Waals surface area (Å²) in [5.74, 6) is 0.922. The summed E-state index contributed by atoms with van der Waals surface area (Å²) in [4.78, 5) is 2.48.